The fourth-order valence-corrected chi connectivity index (χ4v) is 3.44. The Balaban J connectivity index is 1.61. The molecule has 0 N–H and O–H groups in total. The monoisotopic (exact) mass is 346 g/mol. The van der Waals surface area contributed by atoms with Crippen LogP contribution in [0.3, 0.4) is 0 Å². The van der Waals surface area contributed by atoms with E-state index in [-0.39, 0.29) is 11.9 Å². The highest BCUT2D eigenvalue weighted by Crippen LogP contribution is 2.26. The van der Waals surface area contributed by atoms with Crippen LogP contribution >= 0.6 is 0 Å². The van der Waals surface area contributed by atoms with E-state index in [1.807, 2.05) is 59.6 Å². The molecule has 1 aliphatic heterocycles. The van der Waals surface area contributed by atoms with Crippen molar-refractivity contribution in [1.82, 2.24) is 19.6 Å². The molecular formula is C21H22N4O. The zero-order valence-corrected chi connectivity index (χ0v) is 14.8. The molecule has 1 amide bonds. The summed E-state index contributed by atoms with van der Waals surface area (Å²) in [5, 5.41) is 4.37. The summed E-state index contributed by atoms with van der Waals surface area (Å²) in [5.41, 5.74) is 2.74. The van der Waals surface area contributed by atoms with Crippen molar-refractivity contribution < 1.29 is 4.79 Å². The summed E-state index contributed by atoms with van der Waals surface area (Å²) in [6.45, 7) is 2.43. The van der Waals surface area contributed by atoms with Crippen LogP contribution in [-0.2, 0) is 0 Å². The molecule has 5 nitrogen and oxygen atoms in total. The molecule has 1 atom stereocenters. The number of amides is 1. The maximum atomic E-state index is 13.2. The average Bonchev–Trinajstić information content (AvgIpc) is 3.19. The third-order valence-electron chi connectivity index (χ3n) is 4.88. The van der Waals surface area contributed by atoms with E-state index in [1.165, 1.54) is 5.56 Å². The third-order valence-corrected chi connectivity index (χ3v) is 4.88. The summed E-state index contributed by atoms with van der Waals surface area (Å²) in [4.78, 5) is 17.4. The lowest BCUT2D eigenvalue weighted by molar-refractivity contribution is 0.0498. The van der Waals surface area contributed by atoms with Gasteiger partial charge in [0.1, 0.15) is 0 Å². The van der Waals surface area contributed by atoms with E-state index < -0.39 is 0 Å². The molecular weight excluding hydrogens is 324 g/mol. The van der Waals surface area contributed by atoms with E-state index in [4.69, 9.17) is 0 Å². The summed E-state index contributed by atoms with van der Waals surface area (Å²) >= 11 is 0. The first-order chi connectivity index (χ1) is 12.7. The number of piperazine rings is 1. The molecule has 26 heavy (non-hydrogen) atoms. The Kier molecular flexibility index (Phi) is 4.54. The number of hydrogen-bond acceptors (Lipinski definition) is 3. The molecule has 3 aromatic rings. The number of nitrogens with zero attached hydrogens (tertiary/aromatic N) is 4. The molecule has 1 aliphatic rings. The predicted molar refractivity (Wildman–Crippen MR) is 101 cm³/mol. The Morgan fingerprint density at radius 3 is 2.42 bits per heavy atom. The van der Waals surface area contributed by atoms with Crippen LogP contribution in [0.1, 0.15) is 22.0 Å². The van der Waals surface area contributed by atoms with Crippen molar-refractivity contribution in [2.45, 2.75) is 6.04 Å². The predicted octanol–water partition coefficient (Wildman–Crippen LogP) is 3.00. The molecule has 4 rings (SSSR count). The number of rotatable bonds is 3. The molecule has 0 aliphatic carbocycles. The molecule has 2 aromatic carbocycles. The molecule has 132 valence electrons. The summed E-state index contributed by atoms with van der Waals surface area (Å²) in [5.74, 6) is 0.0362. The van der Waals surface area contributed by atoms with Gasteiger partial charge >= 0.3 is 0 Å². The van der Waals surface area contributed by atoms with Crippen molar-refractivity contribution >= 4 is 5.91 Å². The number of hydrogen-bond donors (Lipinski definition) is 0. The highest BCUT2D eigenvalue weighted by atomic mass is 16.2. The zero-order chi connectivity index (χ0) is 17.9. The second-order valence-electron chi connectivity index (χ2n) is 6.70. The maximum Gasteiger partial charge on any atom is 0.257 e. The number of benzene rings is 2. The minimum atomic E-state index is 0.0362. The quantitative estimate of drug-likeness (QED) is 0.732. The number of para-hydroxylation sites is 1. The Labute approximate surface area is 153 Å². The largest absolute Gasteiger partial charge is 0.329 e. The summed E-state index contributed by atoms with van der Waals surface area (Å²) < 4.78 is 1.75. The van der Waals surface area contributed by atoms with E-state index in [2.05, 4.69) is 29.2 Å². The smallest absolute Gasteiger partial charge is 0.257 e. The molecule has 5 heteroatoms. The number of likely N-dealkylation sites (N-methyl/N-ethyl adjacent to an activating group) is 1. The van der Waals surface area contributed by atoms with Crippen LogP contribution in [0, 0.1) is 0 Å². The molecule has 0 bridgehead atoms. The fourth-order valence-electron chi connectivity index (χ4n) is 3.44. The van der Waals surface area contributed by atoms with E-state index in [1.54, 1.807) is 10.9 Å². The zero-order valence-electron chi connectivity index (χ0n) is 14.8. The lowest BCUT2D eigenvalue weighted by atomic mass is 10.0. The van der Waals surface area contributed by atoms with Gasteiger partial charge in [0.05, 0.1) is 23.5 Å². The molecule has 0 radical (unpaired) electrons. The Hall–Kier alpha value is -2.92. The topological polar surface area (TPSA) is 41.4 Å². The molecule has 1 fully saturated rings. The van der Waals surface area contributed by atoms with Crippen molar-refractivity contribution in [2.75, 3.05) is 26.7 Å². The van der Waals surface area contributed by atoms with Gasteiger partial charge in [-0.15, -0.1) is 0 Å². The van der Waals surface area contributed by atoms with Crippen LogP contribution in [-0.4, -0.2) is 52.2 Å². The van der Waals surface area contributed by atoms with E-state index in [0.717, 1.165) is 18.8 Å². The maximum absolute atomic E-state index is 13.2. The lowest BCUT2D eigenvalue weighted by Crippen LogP contribution is -2.49. The van der Waals surface area contributed by atoms with Gasteiger partial charge in [0, 0.05) is 25.8 Å². The molecule has 0 spiro atoms. The van der Waals surface area contributed by atoms with Crippen LogP contribution in [0.5, 0.6) is 0 Å². The minimum absolute atomic E-state index is 0.0362. The van der Waals surface area contributed by atoms with E-state index in [9.17, 15) is 4.79 Å². The van der Waals surface area contributed by atoms with Gasteiger partial charge in [0.25, 0.3) is 5.91 Å². The van der Waals surface area contributed by atoms with Crippen LogP contribution in [0.2, 0.25) is 0 Å². The van der Waals surface area contributed by atoms with Gasteiger partial charge in [-0.05, 0) is 24.7 Å². The first-order valence-corrected chi connectivity index (χ1v) is 8.87. The highest BCUT2D eigenvalue weighted by molar-refractivity contribution is 5.94. The van der Waals surface area contributed by atoms with E-state index in [0.29, 0.717) is 12.1 Å². The summed E-state index contributed by atoms with van der Waals surface area (Å²) in [6.07, 6.45) is 3.48. The average molecular weight is 346 g/mol. The van der Waals surface area contributed by atoms with Crippen LogP contribution in [0.15, 0.2) is 73.1 Å². The number of aromatic nitrogens is 2. The van der Waals surface area contributed by atoms with E-state index >= 15 is 0 Å². The Bertz CT molecular complexity index is 875. The Morgan fingerprint density at radius 2 is 1.69 bits per heavy atom. The van der Waals surface area contributed by atoms with Crippen molar-refractivity contribution in [2.24, 2.45) is 0 Å². The van der Waals surface area contributed by atoms with Gasteiger partial charge in [0.2, 0.25) is 0 Å². The lowest BCUT2D eigenvalue weighted by Gasteiger charge is -2.40. The van der Waals surface area contributed by atoms with Gasteiger partial charge in [-0.2, -0.15) is 5.10 Å². The SMILES string of the molecule is CN1CCN(C(=O)c2cnn(-c3ccccc3)c2)C(c2ccccc2)C1. The standard InChI is InChI=1S/C21H22N4O/c1-23-12-13-24(20(16-23)17-8-4-2-5-9-17)21(26)18-14-22-25(15-18)19-10-6-3-7-11-19/h2-11,14-15,20H,12-13,16H2,1H3. The molecule has 0 saturated carbocycles. The van der Waals surface area contributed by atoms with Gasteiger partial charge < -0.3 is 9.80 Å². The van der Waals surface area contributed by atoms with Gasteiger partial charge in [-0.25, -0.2) is 4.68 Å². The summed E-state index contributed by atoms with van der Waals surface area (Å²) in [7, 11) is 2.10. The van der Waals surface area contributed by atoms with Gasteiger partial charge in [-0.1, -0.05) is 48.5 Å². The first-order valence-electron chi connectivity index (χ1n) is 8.87. The first kappa shape index (κ1) is 16.5. The summed E-state index contributed by atoms with van der Waals surface area (Å²) in [6, 6.07) is 20.2. The number of carbonyl (C=O) groups is 1. The highest BCUT2D eigenvalue weighted by Gasteiger charge is 2.31. The fraction of sp³-hybridized carbons (Fsp3) is 0.238. The second-order valence-corrected chi connectivity index (χ2v) is 6.70. The minimum Gasteiger partial charge on any atom is -0.329 e. The number of carbonyl (C=O) groups excluding carboxylic acids is 1. The second kappa shape index (κ2) is 7.14. The molecule has 2 heterocycles. The van der Waals surface area contributed by atoms with Crippen LogP contribution in [0.25, 0.3) is 5.69 Å². The normalized spacial score (nSPS) is 18.0. The van der Waals surface area contributed by atoms with Gasteiger partial charge in [0.15, 0.2) is 0 Å². The van der Waals surface area contributed by atoms with Gasteiger partial charge in [-0.3, -0.25) is 4.79 Å². The van der Waals surface area contributed by atoms with Crippen molar-refractivity contribution in [3.8, 4) is 5.69 Å². The van der Waals surface area contributed by atoms with Crippen molar-refractivity contribution in [3.63, 3.8) is 0 Å². The molecule has 1 aromatic heterocycles. The molecule has 1 unspecified atom stereocenters. The van der Waals surface area contributed by atoms with Crippen LogP contribution < -0.4 is 0 Å². The van der Waals surface area contributed by atoms with Crippen molar-refractivity contribution in [3.05, 3.63) is 84.2 Å². The van der Waals surface area contributed by atoms with Crippen molar-refractivity contribution in [1.29, 1.82) is 0 Å². The van der Waals surface area contributed by atoms with Crippen LogP contribution in [0.4, 0.5) is 0 Å². The Morgan fingerprint density at radius 1 is 1.00 bits per heavy atom. The molecule has 1 saturated heterocycles. The third kappa shape index (κ3) is 3.26.